The third-order valence-corrected chi connectivity index (χ3v) is 5.23. The van der Waals surface area contributed by atoms with Gasteiger partial charge in [-0.05, 0) is 51.4 Å². The molecule has 0 aromatic carbocycles. The monoisotopic (exact) mass is 250 g/mol. The average Bonchev–Trinajstić information content (AvgIpc) is 3.16. The second-order valence-electron chi connectivity index (χ2n) is 6.51. The van der Waals surface area contributed by atoms with Crippen molar-refractivity contribution in [2.24, 2.45) is 11.8 Å². The van der Waals surface area contributed by atoms with Gasteiger partial charge in [-0.25, -0.2) is 0 Å². The van der Waals surface area contributed by atoms with Crippen molar-refractivity contribution in [2.75, 3.05) is 6.54 Å². The second-order valence-corrected chi connectivity index (χ2v) is 6.51. The zero-order valence-corrected chi connectivity index (χ0v) is 11.7. The van der Waals surface area contributed by atoms with Crippen LogP contribution in [0.25, 0.3) is 0 Å². The van der Waals surface area contributed by atoms with Gasteiger partial charge in [-0.3, -0.25) is 4.79 Å². The van der Waals surface area contributed by atoms with E-state index in [1.165, 1.54) is 38.5 Å². The highest BCUT2D eigenvalue weighted by atomic mass is 16.2. The maximum absolute atomic E-state index is 12.6. The van der Waals surface area contributed by atoms with E-state index in [0.717, 1.165) is 6.54 Å². The molecule has 3 rings (SSSR count). The molecule has 102 valence electrons. The number of hydrogen-bond donors (Lipinski definition) is 1. The Kier molecular flexibility index (Phi) is 3.35. The number of piperidine rings is 1. The van der Waals surface area contributed by atoms with Crippen molar-refractivity contribution < 1.29 is 4.79 Å². The van der Waals surface area contributed by atoms with Gasteiger partial charge in [0, 0.05) is 30.6 Å². The van der Waals surface area contributed by atoms with Gasteiger partial charge in [0.2, 0.25) is 5.91 Å². The number of nitrogens with zero attached hydrogens (tertiary/aromatic N) is 1. The number of carbonyl (C=O) groups is 1. The van der Waals surface area contributed by atoms with E-state index in [2.05, 4.69) is 24.1 Å². The van der Waals surface area contributed by atoms with Crippen LogP contribution in [-0.4, -0.2) is 35.5 Å². The summed E-state index contributed by atoms with van der Waals surface area (Å²) in [6, 6.07) is 1.85. The van der Waals surface area contributed by atoms with Gasteiger partial charge < -0.3 is 10.2 Å². The van der Waals surface area contributed by atoms with E-state index in [9.17, 15) is 4.79 Å². The molecule has 1 saturated carbocycles. The highest BCUT2D eigenvalue weighted by Crippen LogP contribution is 2.38. The lowest BCUT2D eigenvalue weighted by Gasteiger charge is -2.38. The average molecular weight is 250 g/mol. The Bertz CT molecular complexity index is 314. The Morgan fingerprint density at radius 2 is 1.83 bits per heavy atom. The Morgan fingerprint density at radius 3 is 2.33 bits per heavy atom. The lowest BCUT2D eigenvalue weighted by molar-refractivity contribution is -0.138. The topological polar surface area (TPSA) is 32.3 Å². The van der Waals surface area contributed by atoms with Crippen LogP contribution in [0.3, 0.4) is 0 Å². The Morgan fingerprint density at radius 1 is 1.22 bits per heavy atom. The van der Waals surface area contributed by atoms with Crippen LogP contribution in [0.2, 0.25) is 0 Å². The largest absolute Gasteiger partial charge is 0.340 e. The summed E-state index contributed by atoms with van der Waals surface area (Å²) in [5, 5.41) is 3.66. The van der Waals surface area contributed by atoms with Crippen molar-refractivity contribution in [3.05, 3.63) is 0 Å². The van der Waals surface area contributed by atoms with E-state index in [0.29, 0.717) is 30.0 Å². The summed E-state index contributed by atoms with van der Waals surface area (Å²) in [5.41, 5.74) is 0. The first-order valence-corrected chi connectivity index (χ1v) is 7.75. The normalized spacial score (nSPS) is 36.4. The molecule has 3 unspecified atom stereocenters. The summed E-state index contributed by atoms with van der Waals surface area (Å²) >= 11 is 0. The van der Waals surface area contributed by atoms with Gasteiger partial charge in [-0.15, -0.1) is 0 Å². The molecule has 3 fully saturated rings. The fraction of sp³-hybridized carbons (Fsp3) is 0.933. The Balaban J connectivity index is 1.65. The minimum absolute atomic E-state index is 0.262. The standard InChI is InChI=1S/C15H26N2O/c1-3-17(15(18)10(2)11-4-5-11)14-8-12-6-7-13(9-14)16-12/h10-14,16H,3-9H2,1-2H3. The molecule has 0 radical (unpaired) electrons. The molecule has 3 nitrogen and oxygen atoms in total. The lowest BCUT2D eigenvalue weighted by atomic mass is 9.95. The first kappa shape index (κ1) is 12.5. The number of carbonyl (C=O) groups excluding carboxylic acids is 1. The van der Waals surface area contributed by atoms with Gasteiger partial charge in [0.05, 0.1) is 0 Å². The van der Waals surface area contributed by atoms with Crippen LogP contribution in [0.15, 0.2) is 0 Å². The number of rotatable bonds is 4. The molecule has 3 aliphatic rings. The molecule has 1 amide bonds. The zero-order valence-electron chi connectivity index (χ0n) is 11.7. The molecule has 2 aliphatic heterocycles. The molecule has 3 heteroatoms. The molecule has 0 aromatic heterocycles. The molecule has 2 saturated heterocycles. The lowest BCUT2D eigenvalue weighted by Crippen LogP contribution is -2.51. The van der Waals surface area contributed by atoms with Gasteiger partial charge in [-0.2, -0.15) is 0 Å². The SMILES string of the molecule is CCN(C(=O)C(C)C1CC1)C1CC2CCC(C1)N2. The summed E-state index contributed by atoms with van der Waals surface area (Å²) < 4.78 is 0. The van der Waals surface area contributed by atoms with Crippen LogP contribution in [0.1, 0.15) is 52.4 Å². The third-order valence-electron chi connectivity index (χ3n) is 5.23. The molecule has 18 heavy (non-hydrogen) atoms. The van der Waals surface area contributed by atoms with Crippen LogP contribution in [0.4, 0.5) is 0 Å². The summed E-state index contributed by atoms with van der Waals surface area (Å²) in [5.74, 6) is 1.37. The quantitative estimate of drug-likeness (QED) is 0.829. The van der Waals surface area contributed by atoms with E-state index in [4.69, 9.17) is 0 Å². The van der Waals surface area contributed by atoms with Crippen LogP contribution in [0, 0.1) is 11.8 Å². The fourth-order valence-electron chi connectivity index (χ4n) is 3.94. The first-order chi connectivity index (χ1) is 8.69. The summed E-state index contributed by atoms with van der Waals surface area (Å²) in [6.07, 6.45) is 7.50. The zero-order chi connectivity index (χ0) is 12.7. The van der Waals surface area contributed by atoms with E-state index >= 15 is 0 Å². The highest BCUT2D eigenvalue weighted by Gasteiger charge is 2.40. The predicted octanol–water partition coefficient (Wildman–Crippen LogP) is 2.16. The fourth-order valence-corrected chi connectivity index (χ4v) is 3.94. The van der Waals surface area contributed by atoms with E-state index in [-0.39, 0.29) is 5.92 Å². The van der Waals surface area contributed by atoms with Crippen molar-refractivity contribution in [1.82, 2.24) is 10.2 Å². The molecule has 1 N–H and O–H groups in total. The van der Waals surface area contributed by atoms with Crippen molar-refractivity contribution in [2.45, 2.75) is 70.5 Å². The molecular formula is C15H26N2O. The van der Waals surface area contributed by atoms with Crippen LogP contribution >= 0.6 is 0 Å². The van der Waals surface area contributed by atoms with Crippen LogP contribution in [0.5, 0.6) is 0 Å². The first-order valence-electron chi connectivity index (χ1n) is 7.75. The number of fused-ring (bicyclic) bond motifs is 2. The molecule has 2 bridgehead atoms. The van der Waals surface area contributed by atoms with E-state index in [1.807, 2.05) is 0 Å². The van der Waals surface area contributed by atoms with Crippen molar-refractivity contribution in [3.63, 3.8) is 0 Å². The predicted molar refractivity (Wildman–Crippen MR) is 72.2 cm³/mol. The van der Waals surface area contributed by atoms with Crippen LogP contribution in [-0.2, 0) is 4.79 Å². The maximum Gasteiger partial charge on any atom is 0.225 e. The number of nitrogens with one attached hydrogen (secondary N) is 1. The summed E-state index contributed by atoms with van der Waals surface area (Å²) in [4.78, 5) is 14.8. The van der Waals surface area contributed by atoms with E-state index < -0.39 is 0 Å². The highest BCUT2D eigenvalue weighted by molar-refractivity contribution is 5.79. The Hall–Kier alpha value is -0.570. The molecule has 1 aliphatic carbocycles. The molecule has 3 atom stereocenters. The molecular weight excluding hydrogens is 224 g/mol. The van der Waals surface area contributed by atoms with Crippen molar-refractivity contribution in [3.8, 4) is 0 Å². The van der Waals surface area contributed by atoms with Gasteiger partial charge in [-0.1, -0.05) is 6.92 Å². The summed E-state index contributed by atoms with van der Waals surface area (Å²) in [7, 11) is 0. The van der Waals surface area contributed by atoms with Crippen molar-refractivity contribution >= 4 is 5.91 Å². The Labute approximate surface area is 110 Å². The maximum atomic E-state index is 12.6. The van der Waals surface area contributed by atoms with E-state index in [1.54, 1.807) is 0 Å². The van der Waals surface area contributed by atoms with Gasteiger partial charge in [0.25, 0.3) is 0 Å². The van der Waals surface area contributed by atoms with Crippen LogP contribution < -0.4 is 5.32 Å². The second kappa shape index (κ2) is 4.84. The third kappa shape index (κ3) is 2.29. The molecule has 0 spiro atoms. The number of amides is 1. The van der Waals surface area contributed by atoms with Gasteiger partial charge >= 0.3 is 0 Å². The van der Waals surface area contributed by atoms with Gasteiger partial charge in [0.1, 0.15) is 0 Å². The minimum Gasteiger partial charge on any atom is -0.340 e. The summed E-state index contributed by atoms with van der Waals surface area (Å²) in [6.45, 7) is 5.17. The smallest absolute Gasteiger partial charge is 0.225 e. The van der Waals surface area contributed by atoms with Crippen molar-refractivity contribution in [1.29, 1.82) is 0 Å². The molecule has 2 heterocycles. The minimum atomic E-state index is 0.262. The molecule has 0 aromatic rings. The van der Waals surface area contributed by atoms with Gasteiger partial charge in [0.15, 0.2) is 0 Å². The number of hydrogen-bond acceptors (Lipinski definition) is 2.